The number of nitrogens with one attached hydrogen (secondary N) is 1. The zero-order chi connectivity index (χ0) is 23.7. The summed E-state index contributed by atoms with van der Waals surface area (Å²) >= 11 is 0. The standard InChI is InChI=1S/C31H26N3O/c1-4-24(28-18(2)12-14-22-23-15-13-19(3)32-31(23)35-30(22)28)33-25-17-27-29(25)21-10-6-5-9-20(21)26-11-7-8-16-34(26)27/h4-17,24,27,29,33H,1H2,2-3H3/q+1. The molecule has 1 aliphatic carbocycles. The van der Waals surface area contributed by atoms with Crippen LogP contribution in [0.25, 0.3) is 33.3 Å². The second kappa shape index (κ2) is 7.41. The van der Waals surface area contributed by atoms with Crippen LogP contribution < -0.4 is 9.88 Å². The van der Waals surface area contributed by atoms with E-state index in [1.165, 1.54) is 28.1 Å². The first-order chi connectivity index (χ1) is 17.1. The van der Waals surface area contributed by atoms with Gasteiger partial charge < -0.3 is 9.73 Å². The quantitative estimate of drug-likeness (QED) is 0.245. The highest BCUT2D eigenvalue weighted by Gasteiger charge is 2.47. The smallest absolute Gasteiger partial charge is 0.227 e. The molecule has 1 N–H and O–H groups in total. The number of hydrogen-bond acceptors (Lipinski definition) is 3. The van der Waals surface area contributed by atoms with Crippen LogP contribution in [0, 0.1) is 13.8 Å². The summed E-state index contributed by atoms with van der Waals surface area (Å²) in [7, 11) is 0. The second-order valence-corrected chi connectivity index (χ2v) is 9.61. The van der Waals surface area contributed by atoms with Crippen LogP contribution in [0.3, 0.4) is 0 Å². The van der Waals surface area contributed by atoms with Gasteiger partial charge in [0.1, 0.15) is 5.58 Å². The second-order valence-electron chi connectivity index (χ2n) is 9.61. The highest BCUT2D eigenvalue weighted by Crippen LogP contribution is 2.49. The lowest BCUT2D eigenvalue weighted by molar-refractivity contribution is -0.709. The Balaban J connectivity index is 1.33. The minimum atomic E-state index is -0.0816. The van der Waals surface area contributed by atoms with E-state index < -0.39 is 0 Å². The van der Waals surface area contributed by atoms with Crippen molar-refractivity contribution in [2.45, 2.75) is 31.8 Å². The number of rotatable bonds is 4. The lowest BCUT2D eigenvalue weighted by atomic mass is 9.73. The number of pyridine rings is 2. The molecule has 7 rings (SSSR count). The van der Waals surface area contributed by atoms with Crippen LogP contribution in [-0.2, 0) is 0 Å². The monoisotopic (exact) mass is 456 g/mol. The molecule has 0 saturated heterocycles. The molecule has 2 aliphatic rings. The van der Waals surface area contributed by atoms with Gasteiger partial charge in [-0.25, -0.2) is 4.98 Å². The summed E-state index contributed by atoms with van der Waals surface area (Å²) in [5, 5.41) is 5.97. The van der Waals surface area contributed by atoms with Gasteiger partial charge in [0.25, 0.3) is 0 Å². The largest absolute Gasteiger partial charge is 0.437 e. The average Bonchev–Trinajstić information content (AvgIpc) is 3.22. The van der Waals surface area contributed by atoms with Gasteiger partial charge in [-0.15, -0.1) is 6.58 Å². The van der Waals surface area contributed by atoms with Crippen LogP contribution in [0.2, 0.25) is 0 Å². The Bertz CT molecular complexity index is 1690. The Morgan fingerprint density at radius 2 is 1.83 bits per heavy atom. The van der Waals surface area contributed by atoms with E-state index in [9.17, 15) is 0 Å². The van der Waals surface area contributed by atoms with Gasteiger partial charge in [0, 0.05) is 45.9 Å². The van der Waals surface area contributed by atoms with E-state index in [0.717, 1.165) is 27.6 Å². The van der Waals surface area contributed by atoms with Gasteiger partial charge in [0.15, 0.2) is 12.2 Å². The summed E-state index contributed by atoms with van der Waals surface area (Å²) in [5.41, 5.74) is 9.99. The Kier molecular flexibility index (Phi) is 4.28. The molecule has 0 radical (unpaired) electrons. The van der Waals surface area contributed by atoms with Gasteiger partial charge in [-0.05, 0) is 49.2 Å². The molecule has 4 nitrogen and oxygen atoms in total. The van der Waals surface area contributed by atoms with E-state index in [1.807, 2.05) is 19.1 Å². The fourth-order valence-corrected chi connectivity index (χ4v) is 5.87. The first-order valence-corrected chi connectivity index (χ1v) is 12.1. The molecule has 3 aromatic heterocycles. The van der Waals surface area contributed by atoms with Crippen molar-refractivity contribution < 1.29 is 8.98 Å². The van der Waals surface area contributed by atoms with E-state index >= 15 is 0 Å². The van der Waals surface area contributed by atoms with Crippen molar-refractivity contribution >= 4 is 22.1 Å². The van der Waals surface area contributed by atoms with Crippen LogP contribution in [0.1, 0.15) is 40.4 Å². The number of nitrogens with zero attached hydrogens (tertiary/aromatic N) is 2. The summed E-state index contributed by atoms with van der Waals surface area (Å²) in [6.07, 6.45) is 6.52. The zero-order valence-electron chi connectivity index (χ0n) is 19.8. The molecule has 0 fully saturated rings. The van der Waals surface area contributed by atoms with E-state index in [0.29, 0.717) is 11.8 Å². The lowest BCUT2D eigenvalue weighted by Gasteiger charge is -2.39. The number of benzene rings is 2. The Morgan fingerprint density at radius 1 is 1.00 bits per heavy atom. The van der Waals surface area contributed by atoms with Crippen molar-refractivity contribution in [3.05, 3.63) is 120 Å². The number of aromatic nitrogens is 2. The Morgan fingerprint density at radius 3 is 2.71 bits per heavy atom. The topological polar surface area (TPSA) is 41.9 Å². The van der Waals surface area contributed by atoms with Gasteiger partial charge in [0.2, 0.25) is 11.4 Å². The van der Waals surface area contributed by atoms with E-state index in [1.54, 1.807) is 0 Å². The van der Waals surface area contributed by atoms with Crippen molar-refractivity contribution in [3.63, 3.8) is 0 Å². The van der Waals surface area contributed by atoms with E-state index in [4.69, 9.17) is 4.42 Å². The van der Waals surface area contributed by atoms with Crippen molar-refractivity contribution in [3.8, 4) is 11.3 Å². The SMILES string of the molecule is C=CC(NC1=CC2C1c1ccccc1-c1cccc[n+]12)c1c(C)ccc2c1oc1nc(C)ccc12. The van der Waals surface area contributed by atoms with Gasteiger partial charge >= 0.3 is 0 Å². The van der Waals surface area contributed by atoms with Crippen LogP contribution in [0.4, 0.5) is 0 Å². The first-order valence-electron chi connectivity index (χ1n) is 12.1. The maximum absolute atomic E-state index is 6.35. The van der Waals surface area contributed by atoms with Gasteiger partial charge in [-0.3, -0.25) is 0 Å². The normalized spacial score (nSPS) is 18.7. The molecule has 3 atom stereocenters. The minimum absolute atomic E-state index is 0.0816. The highest BCUT2D eigenvalue weighted by molar-refractivity contribution is 6.05. The maximum atomic E-state index is 6.35. The summed E-state index contributed by atoms with van der Waals surface area (Å²) in [6, 6.07) is 23.9. The van der Waals surface area contributed by atoms with Crippen LogP contribution in [0.5, 0.6) is 0 Å². The number of hydrogen-bond donors (Lipinski definition) is 1. The molecule has 4 heteroatoms. The van der Waals surface area contributed by atoms with Gasteiger partial charge in [0.05, 0.1) is 17.5 Å². The first kappa shape index (κ1) is 20.2. The van der Waals surface area contributed by atoms with E-state index in [2.05, 4.69) is 101 Å². The van der Waals surface area contributed by atoms with Crippen molar-refractivity contribution in [2.24, 2.45) is 0 Å². The summed E-state index contributed by atoms with van der Waals surface area (Å²) in [4.78, 5) is 4.63. The number of allylic oxidation sites excluding steroid dienone is 2. The number of aryl methyl sites for hydroxylation is 2. The summed E-state index contributed by atoms with van der Waals surface area (Å²) in [6.45, 7) is 8.33. The van der Waals surface area contributed by atoms with Crippen LogP contribution in [0.15, 0.2) is 102 Å². The molecule has 35 heavy (non-hydrogen) atoms. The highest BCUT2D eigenvalue weighted by atomic mass is 16.3. The third kappa shape index (κ3) is 2.86. The molecule has 5 aromatic rings. The maximum Gasteiger partial charge on any atom is 0.227 e. The Hall–Kier alpha value is -4.18. The van der Waals surface area contributed by atoms with Gasteiger partial charge in [-0.1, -0.05) is 36.4 Å². The molecule has 3 unspecified atom stereocenters. The molecule has 0 spiro atoms. The summed E-state index contributed by atoms with van der Waals surface area (Å²) < 4.78 is 8.74. The van der Waals surface area contributed by atoms with Crippen molar-refractivity contribution in [1.29, 1.82) is 0 Å². The fourth-order valence-electron chi connectivity index (χ4n) is 5.87. The van der Waals surface area contributed by atoms with Gasteiger partial charge in [-0.2, -0.15) is 4.57 Å². The molecular formula is C31H26N3O+. The number of fused-ring (bicyclic) bond motifs is 9. The molecule has 0 saturated carbocycles. The summed E-state index contributed by atoms with van der Waals surface area (Å²) in [5.74, 6) is 0.285. The average molecular weight is 457 g/mol. The minimum Gasteiger partial charge on any atom is -0.437 e. The predicted octanol–water partition coefficient (Wildman–Crippen LogP) is 6.61. The molecule has 2 aromatic carbocycles. The molecule has 170 valence electrons. The molecule has 1 aliphatic heterocycles. The van der Waals surface area contributed by atoms with E-state index in [-0.39, 0.29) is 12.0 Å². The zero-order valence-corrected chi connectivity index (χ0v) is 19.8. The third-order valence-electron chi connectivity index (χ3n) is 7.58. The van der Waals surface area contributed by atoms with Crippen LogP contribution >= 0.6 is 0 Å². The lowest BCUT2D eigenvalue weighted by Crippen LogP contribution is -2.52. The van der Waals surface area contributed by atoms with Crippen molar-refractivity contribution in [2.75, 3.05) is 0 Å². The molecule has 0 amide bonds. The number of furan rings is 1. The molecular weight excluding hydrogens is 430 g/mol. The molecule has 4 heterocycles. The van der Waals surface area contributed by atoms with Crippen LogP contribution in [-0.4, -0.2) is 4.98 Å². The molecule has 0 bridgehead atoms. The Labute approximate surface area is 204 Å². The van der Waals surface area contributed by atoms with Crippen molar-refractivity contribution in [1.82, 2.24) is 10.3 Å². The predicted molar refractivity (Wildman–Crippen MR) is 139 cm³/mol. The third-order valence-corrected chi connectivity index (χ3v) is 7.58. The fraction of sp³-hybridized carbons (Fsp3) is 0.161.